The molecule has 0 unspecified atom stereocenters. The monoisotopic (exact) mass is 422 g/mol. The first-order valence-corrected chi connectivity index (χ1v) is 11.3. The van der Waals surface area contributed by atoms with Crippen LogP contribution in [0.5, 0.6) is 5.75 Å². The number of aromatic nitrogens is 1. The van der Waals surface area contributed by atoms with Gasteiger partial charge in [0.15, 0.2) is 5.78 Å². The molecule has 0 saturated carbocycles. The van der Waals surface area contributed by atoms with Gasteiger partial charge in [-0.3, -0.25) is 9.59 Å². The zero-order valence-corrected chi connectivity index (χ0v) is 18.0. The van der Waals surface area contributed by atoms with Crippen molar-refractivity contribution in [2.45, 2.75) is 38.5 Å². The predicted molar refractivity (Wildman–Crippen MR) is 119 cm³/mol. The largest absolute Gasteiger partial charge is 0.494 e. The lowest BCUT2D eigenvalue weighted by Crippen LogP contribution is -2.39. The van der Waals surface area contributed by atoms with E-state index in [1.807, 2.05) is 30.0 Å². The number of fused-ring (bicyclic) bond motifs is 1. The number of amides is 1. The molecule has 1 aromatic heterocycles. The molecule has 0 bridgehead atoms. The van der Waals surface area contributed by atoms with E-state index < -0.39 is 0 Å². The molecule has 0 radical (unpaired) electrons. The van der Waals surface area contributed by atoms with E-state index in [-0.39, 0.29) is 30.4 Å². The Labute approximate surface area is 180 Å². The van der Waals surface area contributed by atoms with Gasteiger partial charge in [0.05, 0.1) is 21.8 Å². The summed E-state index contributed by atoms with van der Waals surface area (Å²) in [5, 5.41) is 1.11. The quantitative estimate of drug-likeness (QED) is 0.499. The molecule has 1 fully saturated rings. The van der Waals surface area contributed by atoms with Gasteiger partial charge in [0.25, 0.3) is 0 Å². The highest BCUT2D eigenvalue weighted by atomic mass is 32.1. The molecule has 2 heterocycles. The van der Waals surface area contributed by atoms with E-state index in [0.29, 0.717) is 18.7 Å². The second kappa shape index (κ2) is 9.39. The number of rotatable bonds is 7. The number of benzene rings is 2. The SMILES string of the molecule is CCOc1ccc(C(=O)CCC(=O)N2CCC[C@H](c3nc4ccccc4s3)C2)cc1. The fourth-order valence-corrected chi connectivity index (χ4v) is 4.99. The van der Waals surface area contributed by atoms with Gasteiger partial charge >= 0.3 is 0 Å². The van der Waals surface area contributed by atoms with Gasteiger partial charge in [0, 0.05) is 37.4 Å². The van der Waals surface area contributed by atoms with Gasteiger partial charge in [-0.1, -0.05) is 12.1 Å². The molecule has 4 rings (SSSR count). The lowest BCUT2D eigenvalue weighted by atomic mass is 9.98. The van der Waals surface area contributed by atoms with Gasteiger partial charge in [-0.15, -0.1) is 11.3 Å². The third kappa shape index (κ3) is 4.70. The number of Topliss-reactive ketones (excluding diaryl/α,β-unsaturated/α-hetero) is 1. The second-order valence-electron chi connectivity index (χ2n) is 7.58. The fourth-order valence-electron chi connectivity index (χ4n) is 3.90. The Hall–Kier alpha value is -2.73. The van der Waals surface area contributed by atoms with Crippen molar-refractivity contribution in [3.63, 3.8) is 0 Å². The van der Waals surface area contributed by atoms with E-state index in [9.17, 15) is 9.59 Å². The van der Waals surface area contributed by atoms with Gasteiger partial charge in [-0.05, 0) is 56.2 Å². The van der Waals surface area contributed by atoms with E-state index >= 15 is 0 Å². The van der Waals surface area contributed by atoms with E-state index in [2.05, 4.69) is 6.07 Å². The number of carbonyl (C=O) groups is 2. The van der Waals surface area contributed by atoms with Crippen LogP contribution in [0.2, 0.25) is 0 Å². The van der Waals surface area contributed by atoms with Gasteiger partial charge in [0.1, 0.15) is 5.75 Å². The van der Waals surface area contributed by atoms with Crippen molar-refractivity contribution in [3.05, 3.63) is 59.1 Å². The Balaban J connectivity index is 1.33. The molecular weight excluding hydrogens is 396 g/mol. The first kappa shape index (κ1) is 20.5. The highest BCUT2D eigenvalue weighted by Crippen LogP contribution is 2.33. The third-order valence-electron chi connectivity index (χ3n) is 5.49. The van der Waals surface area contributed by atoms with Crippen LogP contribution in [0.15, 0.2) is 48.5 Å². The molecule has 1 aliphatic rings. The van der Waals surface area contributed by atoms with Crippen molar-refractivity contribution in [1.29, 1.82) is 0 Å². The molecule has 156 valence electrons. The smallest absolute Gasteiger partial charge is 0.223 e. The van der Waals surface area contributed by atoms with Crippen LogP contribution >= 0.6 is 11.3 Å². The Bertz CT molecular complexity index is 995. The number of nitrogens with zero attached hydrogens (tertiary/aromatic N) is 2. The Kier molecular flexibility index (Phi) is 6.43. The van der Waals surface area contributed by atoms with Crippen molar-refractivity contribution in [2.24, 2.45) is 0 Å². The number of hydrogen-bond acceptors (Lipinski definition) is 5. The number of thiazole rings is 1. The van der Waals surface area contributed by atoms with Crippen molar-refractivity contribution in [1.82, 2.24) is 9.88 Å². The summed E-state index contributed by atoms with van der Waals surface area (Å²) in [7, 11) is 0. The van der Waals surface area contributed by atoms with Gasteiger partial charge in [0.2, 0.25) is 5.91 Å². The average molecular weight is 423 g/mol. The van der Waals surface area contributed by atoms with E-state index in [4.69, 9.17) is 9.72 Å². The standard InChI is InChI=1S/C24H26N2O3S/c1-2-29-19-11-9-17(10-12-19)21(27)13-14-23(28)26-15-5-6-18(16-26)24-25-20-7-3-4-8-22(20)30-24/h3-4,7-12,18H,2,5-6,13-16H2,1H3/t18-/m0/s1. The molecule has 1 saturated heterocycles. The van der Waals surface area contributed by atoms with Gasteiger partial charge in [-0.2, -0.15) is 0 Å². The van der Waals surface area contributed by atoms with Crippen LogP contribution in [0.1, 0.15) is 53.9 Å². The topological polar surface area (TPSA) is 59.5 Å². The van der Waals surface area contributed by atoms with Crippen LogP contribution in [-0.2, 0) is 4.79 Å². The lowest BCUT2D eigenvalue weighted by molar-refractivity contribution is -0.132. The minimum atomic E-state index is -0.00821. The van der Waals surface area contributed by atoms with Crippen LogP contribution in [0.3, 0.4) is 0 Å². The van der Waals surface area contributed by atoms with Crippen LogP contribution < -0.4 is 4.74 Å². The zero-order valence-electron chi connectivity index (χ0n) is 17.2. The van der Waals surface area contributed by atoms with E-state index in [1.165, 1.54) is 4.70 Å². The summed E-state index contributed by atoms with van der Waals surface area (Å²) in [6.07, 6.45) is 2.50. The van der Waals surface area contributed by atoms with Crippen molar-refractivity contribution in [2.75, 3.05) is 19.7 Å². The van der Waals surface area contributed by atoms with Crippen LogP contribution in [0, 0.1) is 0 Å². The predicted octanol–water partition coefficient (Wildman–Crippen LogP) is 5.06. The second-order valence-corrected chi connectivity index (χ2v) is 8.64. The Morgan fingerprint density at radius 3 is 2.70 bits per heavy atom. The summed E-state index contributed by atoms with van der Waals surface area (Å²) >= 11 is 1.72. The van der Waals surface area contributed by atoms with Crippen LogP contribution in [-0.4, -0.2) is 41.3 Å². The summed E-state index contributed by atoms with van der Waals surface area (Å²) in [5.74, 6) is 1.08. The maximum Gasteiger partial charge on any atom is 0.223 e. The number of hydrogen-bond donors (Lipinski definition) is 0. The molecule has 3 aromatic rings. The first-order chi connectivity index (χ1) is 14.6. The van der Waals surface area contributed by atoms with Gasteiger partial charge in [-0.25, -0.2) is 4.98 Å². The molecular formula is C24H26N2O3S. The third-order valence-corrected chi connectivity index (χ3v) is 6.69. The summed E-state index contributed by atoms with van der Waals surface area (Å²) in [6.45, 7) is 3.97. The molecule has 30 heavy (non-hydrogen) atoms. The highest BCUT2D eigenvalue weighted by molar-refractivity contribution is 7.18. The molecule has 0 spiro atoms. The number of para-hydroxylation sites is 1. The van der Waals surface area contributed by atoms with Crippen LogP contribution in [0.25, 0.3) is 10.2 Å². The summed E-state index contributed by atoms with van der Waals surface area (Å²) in [5.41, 5.74) is 1.65. The molecule has 1 amide bonds. The Morgan fingerprint density at radius 1 is 1.13 bits per heavy atom. The molecule has 0 aliphatic carbocycles. The number of piperidine rings is 1. The maximum absolute atomic E-state index is 12.8. The minimum Gasteiger partial charge on any atom is -0.494 e. The summed E-state index contributed by atoms with van der Waals surface area (Å²) < 4.78 is 6.60. The molecule has 2 aromatic carbocycles. The van der Waals surface area contributed by atoms with Crippen molar-refractivity contribution in [3.8, 4) is 5.75 Å². The molecule has 1 atom stereocenters. The normalized spacial score (nSPS) is 16.6. The van der Waals surface area contributed by atoms with Crippen LogP contribution in [0.4, 0.5) is 0 Å². The van der Waals surface area contributed by atoms with E-state index in [0.717, 1.165) is 35.7 Å². The molecule has 0 N–H and O–H groups in total. The van der Waals surface area contributed by atoms with E-state index in [1.54, 1.807) is 35.6 Å². The van der Waals surface area contributed by atoms with Crippen molar-refractivity contribution >= 4 is 33.2 Å². The zero-order chi connectivity index (χ0) is 20.9. The van der Waals surface area contributed by atoms with Crippen molar-refractivity contribution < 1.29 is 14.3 Å². The Morgan fingerprint density at radius 2 is 1.93 bits per heavy atom. The molecule has 1 aliphatic heterocycles. The highest BCUT2D eigenvalue weighted by Gasteiger charge is 2.27. The molecule has 6 heteroatoms. The number of ketones is 1. The summed E-state index contributed by atoms with van der Waals surface area (Å²) in [4.78, 5) is 31.9. The number of ether oxygens (including phenoxy) is 1. The minimum absolute atomic E-state index is 0.00821. The van der Waals surface area contributed by atoms with Gasteiger partial charge < -0.3 is 9.64 Å². The fraction of sp³-hybridized carbons (Fsp3) is 0.375. The first-order valence-electron chi connectivity index (χ1n) is 10.5. The lowest BCUT2D eigenvalue weighted by Gasteiger charge is -2.32. The summed E-state index contributed by atoms with van der Waals surface area (Å²) in [6, 6.07) is 15.3. The number of carbonyl (C=O) groups excluding carboxylic acids is 2. The average Bonchev–Trinajstić information content (AvgIpc) is 3.22. The molecule has 5 nitrogen and oxygen atoms in total. The maximum atomic E-state index is 12.8. The number of likely N-dealkylation sites (tertiary alicyclic amines) is 1.